The lowest BCUT2D eigenvalue weighted by molar-refractivity contribution is -0.124. The van der Waals surface area contributed by atoms with Crippen LogP contribution in [0.5, 0.6) is 0 Å². The molecule has 2 fully saturated rings. The smallest absolute Gasteiger partial charge is 0.254 e. The van der Waals surface area contributed by atoms with E-state index >= 15 is 0 Å². The molecule has 2 aliphatic rings. The van der Waals surface area contributed by atoms with E-state index in [0.717, 1.165) is 37.9 Å². The van der Waals surface area contributed by atoms with Crippen molar-refractivity contribution in [3.63, 3.8) is 0 Å². The van der Waals surface area contributed by atoms with Crippen molar-refractivity contribution in [2.75, 3.05) is 18.0 Å². The van der Waals surface area contributed by atoms with Crippen LogP contribution in [0.2, 0.25) is 0 Å². The first-order chi connectivity index (χ1) is 11.6. The lowest BCUT2D eigenvalue weighted by Gasteiger charge is -2.34. The summed E-state index contributed by atoms with van der Waals surface area (Å²) in [6, 6.07) is 6.92. The first-order valence-electron chi connectivity index (χ1n) is 8.86. The third-order valence-corrected chi connectivity index (χ3v) is 4.98. The highest BCUT2D eigenvalue weighted by Crippen LogP contribution is 2.24. The number of Topliss-reactive ketones (excluding diaryl/α,β-unsaturated/α-hetero) is 1. The third-order valence-electron chi connectivity index (χ3n) is 4.98. The number of amides is 2. The van der Waals surface area contributed by atoms with E-state index in [1.807, 2.05) is 19.1 Å². The molecule has 128 valence electrons. The molecular weight excluding hydrogens is 304 g/mol. The normalized spacial score (nSPS) is 21.2. The second-order valence-electron chi connectivity index (χ2n) is 6.53. The maximum atomic E-state index is 12.8. The Morgan fingerprint density at radius 1 is 1.08 bits per heavy atom. The zero-order valence-electron chi connectivity index (χ0n) is 14.2. The van der Waals surface area contributed by atoms with Gasteiger partial charge in [0.2, 0.25) is 5.91 Å². The second kappa shape index (κ2) is 7.16. The summed E-state index contributed by atoms with van der Waals surface area (Å²) < 4.78 is 0. The molecule has 0 saturated carbocycles. The molecule has 0 spiro atoms. The molecule has 1 unspecified atom stereocenters. The van der Waals surface area contributed by atoms with Gasteiger partial charge in [0.25, 0.3) is 5.91 Å². The Morgan fingerprint density at radius 3 is 2.46 bits per heavy atom. The van der Waals surface area contributed by atoms with Gasteiger partial charge in [-0.15, -0.1) is 0 Å². The van der Waals surface area contributed by atoms with Gasteiger partial charge < -0.3 is 9.80 Å². The number of hydrogen-bond donors (Lipinski definition) is 0. The van der Waals surface area contributed by atoms with Crippen LogP contribution in [0.15, 0.2) is 24.3 Å². The monoisotopic (exact) mass is 328 g/mol. The molecule has 1 atom stereocenters. The summed E-state index contributed by atoms with van der Waals surface area (Å²) in [5, 5.41) is 0. The molecule has 1 aromatic rings. The minimum absolute atomic E-state index is 0.0826. The fourth-order valence-electron chi connectivity index (χ4n) is 3.62. The predicted molar refractivity (Wildman–Crippen MR) is 92.0 cm³/mol. The fourth-order valence-corrected chi connectivity index (χ4v) is 3.62. The summed E-state index contributed by atoms with van der Waals surface area (Å²) in [5.41, 5.74) is 1.43. The Hall–Kier alpha value is -2.17. The standard InChI is InChI=1S/C19H24N2O3/c1-2-17(22)16-6-3-4-12-21(16)19(24)14-8-10-15(11-9-14)20-13-5-7-18(20)23/h8-11,16H,2-7,12-13H2,1H3. The SMILES string of the molecule is CCC(=O)C1CCCCN1C(=O)c1ccc(N2CCCC2=O)cc1. The van der Waals surface area contributed by atoms with Crippen molar-refractivity contribution in [2.45, 2.75) is 51.5 Å². The van der Waals surface area contributed by atoms with Crippen LogP contribution in [0, 0.1) is 0 Å². The van der Waals surface area contributed by atoms with Crippen LogP contribution in [0.4, 0.5) is 5.69 Å². The van der Waals surface area contributed by atoms with E-state index < -0.39 is 0 Å². The quantitative estimate of drug-likeness (QED) is 0.854. The summed E-state index contributed by atoms with van der Waals surface area (Å²) in [6.45, 7) is 3.23. The van der Waals surface area contributed by atoms with Crippen molar-refractivity contribution >= 4 is 23.3 Å². The Bertz CT molecular complexity index is 639. The molecule has 2 aliphatic heterocycles. The van der Waals surface area contributed by atoms with E-state index in [1.165, 1.54) is 0 Å². The third kappa shape index (κ3) is 3.21. The number of benzene rings is 1. The van der Waals surface area contributed by atoms with Gasteiger partial charge in [-0.2, -0.15) is 0 Å². The summed E-state index contributed by atoms with van der Waals surface area (Å²) in [6.07, 6.45) is 4.64. The Labute approximate surface area is 142 Å². The zero-order valence-corrected chi connectivity index (χ0v) is 14.2. The minimum Gasteiger partial charge on any atom is -0.329 e. The molecule has 2 heterocycles. The number of anilines is 1. The van der Waals surface area contributed by atoms with Crippen molar-refractivity contribution < 1.29 is 14.4 Å². The number of carbonyl (C=O) groups excluding carboxylic acids is 3. The van der Waals surface area contributed by atoms with Crippen molar-refractivity contribution in [2.24, 2.45) is 0 Å². The van der Waals surface area contributed by atoms with Gasteiger partial charge in [-0.3, -0.25) is 14.4 Å². The van der Waals surface area contributed by atoms with Gasteiger partial charge in [-0.05, 0) is 49.9 Å². The predicted octanol–water partition coefficient (Wildman–Crippen LogP) is 2.79. The number of nitrogens with zero attached hydrogens (tertiary/aromatic N) is 2. The highest BCUT2D eigenvalue weighted by atomic mass is 16.2. The van der Waals surface area contributed by atoms with E-state index in [2.05, 4.69) is 0 Å². The second-order valence-corrected chi connectivity index (χ2v) is 6.53. The van der Waals surface area contributed by atoms with Crippen LogP contribution in [0.25, 0.3) is 0 Å². The molecule has 2 amide bonds. The van der Waals surface area contributed by atoms with E-state index in [-0.39, 0.29) is 23.6 Å². The van der Waals surface area contributed by atoms with E-state index in [1.54, 1.807) is 21.9 Å². The van der Waals surface area contributed by atoms with Gasteiger partial charge in [0.15, 0.2) is 5.78 Å². The lowest BCUT2D eigenvalue weighted by atomic mass is 9.96. The van der Waals surface area contributed by atoms with Crippen LogP contribution in [0.3, 0.4) is 0 Å². The number of hydrogen-bond acceptors (Lipinski definition) is 3. The summed E-state index contributed by atoms with van der Waals surface area (Å²) in [5.74, 6) is 0.196. The first kappa shape index (κ1) is 16.7. The molecule has 3 rings (SSSR count). The molecule has 5 heteroatoms. The van der Waals surface area contributed by atoms with Gasteiger partial charge in [0.05, 0.1) is 6.04 Å². The molecule has 0 aromatic heterocycles. The van der Waals surface area contributed by atoms with Gasteiger partial charge in [-0.1, -0.05) is 6.92 Å². The van der Waals surface area contributed by atoms with Crippen LogP contribution in [-0.4, -0.2) is 41.6 Å². The number of ketones is 1. The number of likely N-dealkylation sites (tertiary alicyclic amines) is 1. The molecule has 1 aromatic carbocycles. The van der Waals surface area contributed by atoms with Gasteiger partial charge in [0, 0.05) is 37.2 Å². The highest BCUT2D eigenvalue weighted by Gasteiger charge is 2.31. The van der Waals surface area contributed by atoms with E-state index in [0.29, 0.717) is 24.9 Å². The van der Waals surface area contributed by atoms with Crippen molar-refractivity contribution in [3.8, 4) is 0 Å². The maximum absolute atomic E-state index is 12.8. The summed E-state index contributed by atoms with van der Waals surface area (Å²) in [7, 11) is 0. The molecule has 0 bridgehead atoms. The summed E-state index contributed by atoms with van der Waals surface area (Å²) >= 11 is 0. The molecule has 2 saturated heterocycles. The Balaban J connectivity index is 1.76. The topological polar surface area (TPSA) is 57.7 Å². The van der Waals surface area contributed by atoms with E-state index in [4.69, 9.17) is 0 Å². The lowest BCUT2D eigenvalue weighted by Crippen LogP contribution is -2.47. The van der Waals surface area contributed by atoms with Crippen molar-refractivity contribution in [3.05, 3.63) is 29.8 Å². The maximum Gasteiger partial charge on any atom is 0.254 e. The highest BCUT2D eigenvalue weighted by molar-refractivity contribution is 5.99. The Kier molecular flexibility index (Phi) is 4.97. The molecule has 5 nitrogen and oxygen atoms in total. The first-order valence-corrected chi connectivity index (χ1v) is 8.86. The number of piperidine rings is 1. The molecule has 0 radical (unpaired) electrons. The molecular formula is C19H24N2O3. The number of carbonyl (C=O) groups is 3. The van der Waals surface area contributed by atoms with Crippen LogP contribution in [0.1, 0.15) is 55.8 Å². The van der Waals surface area contributed by atoms with Crippen LogP contribution in [-0.2, 0) is 9.59 Å². The van der Waals surface area contributed by atoms with E-state index in [9.17, 15) is 14.4 Å². The largest absolute Gasteiger partial charge is 0.329 e. The average molecular weight is 328 g/mol. The molecule has 0 aliphatic carbocycles. The molecule has 0 N–H and O–H groups in total. The summed E-state index contributed by atoms with van der Waals surface area (Å²) in [4.78, 5) is 40.3. The average Bonchev–Trinajstić information content (AvgIpc) is 3.06. The van der Waals surface area contributed by atoms with Gasteiger partial charge in [-0.25, -0.2) is 0 Å². The number of rotatable bonds is 4. The fraction of sp³-hybridized carbons (Fsp3) is 0.526. The van der Waals surface area contributed by atoms with Gasteiger partial charge in [0.1, 0.15) is 0 Å². The molecule has 24 heavy (non-hydrogen) atoms. The zero-order chi connectivity index (χ0) is 17.1. The van der Waals surface area contributed by atoms with Crippen molar-refractivity contribution in [1.29, 1.82) is 0 Å². The van der Waals surface area contributed by atoms with Crippen LogP contribution < -0.4 is 4.90 Å². The Morgan fingerprint density at radius 2 is 1.83 bits per heavy atom. The van der Waals surface area contributed by atoms with Gasteiger partial charge >= 0.3 is 0 Å². The van der Waals surface area contributed by atoms with Crippen LogP contribution >= 0.6 is 0 Å². The minimum atomic E-state index is -0.281. The van der Waals surface area contributed by atoms with Crippen molar-refractivity contribution in [1.82, 2.24) is 4.90 Å².